The van der Waals surface area contributed by atoms with E-state index in [0.29, 0.717) is 0 Å². The number of likely N-dealkylation sites (N-methyl/N-ethyl adjacent to an activating group) is 1. The molecule has 2 aliphatic rings. The van der Waals surface area contributed by atoms with E-state index >= 15 is 0 Å². The molecule has 3 heteroatoms. The lowest BCUT2D eigenvalue weighted by Crippen LogP contribution is -2.45. The van der Waals surface area contributed by atoms with Gasteiger partial charge in [-0.2, -0.15) is 0 Å². The average Bonchev–Trinajstić information content (AvgIpc) is 2.88. The van der Waals surface area contributed by atoms with Gasteiger partial charge < -0.3 is 9.64 Å². The van der Waals surface area contributed by atoms with E-state index in [9.17, 15) is 0 Å². The van der Waals surface area contributed by atoms with E-state index in [-0.39, 0.29) is 5.60 Å². The van der Waals surface area contributed by atoms with Crippen LogP contribution in [-0.2, 0) is 4.74 Å². The Balaban J connectivity index is 1.57. The summed E-state index contributed by atoms with van der Waals surface area (Å²) < 4.78 is 5.81. The lowest BCUT2D eigenvalue weighted by Gasteiger charge is -2.32. The third kappa shape index (κ3) is 2.94. The topological polar surface area (TPSA) is 15.7 Å². The van der Waals surface area contributed by atoms with Gasteiger partial charge in [-0.15, -0.1) is 0 Å². The van der Waals surface area contributed by atoms with Gasteiger partial charge in [-0.05, 0) is 26.8 Å². The van der Waals surface area contributed by atoms with Crippen molar-refractivity contribution in [3.8, 4) is 0 Å². The van der Waals surface area contributed by atoms with Gasteiger partial charge in [0.15, 0.2) is 0 Å². The van der Waals surface area contributed by atoms with Gasteiger partial charge in [0.1, 0.15) is 0 Å². The molecule has 82 valence electrons. The molecule has 1 aliphatic carbocycles. The van der Waals surface area contributed by atoms with E-state index in [1.54, 1.807) is 0 Å². The van der Waals surface area contributed by atoms with E-state index in [4.69, 9.17) is 4.74 Å². The lowest BCUT2D eigenvalue weighted by atomic mass is 10.3. The van der Waals surface area contributed by atoms with Gasteiger partial charge in [-0.3, -0.25) is 4.90 Å². The Morgan fingerprint density at radius 2 is 1.79 bits per heavy atom. The largest absolute Gasteiger partial charge is 0.374 e. The van der Waals surface area contributed by atoms with Crippen LogP contribution in [0.3, 0.4) is 0 Å². The van der Waals surface area contributed by atoms with Crippen LogP contribution < -0.4 is 0 Å². The summed E-state index contributed by atoms with van der Waals surface area (Å²) in [6, 6.07) is 0. The van der Waals surface area contributed by atoms with Crippen LogP contribution in [0.5, 0.6) is 0 Å². The molecule has 14 heavy (non-hydrogen) atoms. The number of nitrogens with zero attached hydrogens (tertiary/aromatic N) is 2. The van der Waals surface area contributed by atoms with Crippen molar-refractivity contribution >= 4 is 0 Å². The monoisotopic (exact) mass is 198 g/mol. The molecule has 1 heterocycles. The summed E-state index contributed by atoms with van der Waals surface area (Å²) in [5.74, 6) is 0. The summed E-state index contributed by atoms with van der Waals surface area (Å²) in [6.07, 6.45) is 2.52. The normalized spacial score (nSPS) is 27.9. The third-order valence-electron chi connectivity index (χ3n) is 3.41. The summed E-state index contributed by atoms with van der Waals surface area (Å²) in [5, 5.41) is 0. The first-order valence-electron chi connectivity index (χ1n) is 5.73. The molecule has 0 aromatic heterocycles. The van der Waals surface area contributed by atoms with E-state index < -0.39 is 0 Å². The van der Waals surface area contributed by atoms with Crippen LogP contribution in [0.4, 0.5) is 0 Å². The highest BCUT2D eigenvalue weighted by Gasteiger charge is 2.38. The quantitative estimate of drug-likeness (QED) is 0.664. The number of hydrogen-bond acceptors (Lipinski definition) is 3. The predicted octanol–water partition coefficient (Wildman–Crippen LogP) is 0.803. The maximum absolute atomic E-state index is 5.81. The maximum atomic E-state index is 5.81. The molecular weight excluding hydrogens is 176 g/mol. The van der Waals surface area contributed by atoms with Crippen LogP contribution >= 0.6 is 0 Å². The zero-order chi connectivity index (χ0) is 10.0. The first-order valence-corrected chi connectivity index (χ1v) is 5.73. The molecule has 0 unspecified atom stereocenters. The predicted molar refractivity (Wildman–Crippen MR) is 57.5 cm³/mol. The van der Waals surface area contributed by atoms with Crippen LogP contribution in [-0.4, -0.2) is 61.8 Å². The minimum absolute atomic E-state index is 0.257. The van der Waals surface area contributed by atoms with E-state index in [0.717, 1.165) is 13.2 Å². The second-order valence-corrected chi connectivity index (χ2v) is 4.94. The SMILES string of the molecule is CN1CCN(CCOC2(C)CC2)CC1. The molecule has 0 bridgehead atoms. The molecule has 1 aliphatic heterocycles. The van der Waals surface area contributed by atoms with Gasteiger partial charge in [-0.25, -0.2) is 0 Å². The van der Waals surface area contributed by atoms with Crippen LogP contribution in [0.25, 0.3) is 0 Å². The van der Waals surface area contributed by atoms with Crippen LogP contribution in [0.2, 0.25) is 0 Å². The van der Waals surface area contributed by atoms with Gasteiger partial charge >= 0.3 is 0 Å². The fourth-order valence-corrected chi connectivity index (χ4v) is 1.81. The fraction of sp³-hybridized carbons (Fsp3) is 1.00. The van der Waals surface area contributed by atoms with Crippen molar-refractivity contribution < 1.29 is 4.74 Å². The van der Waals surface area contributed by atoms with Gasteiger partial charge in [0.2, 0.25) is 0 Å². The third-order valence-corrected chi connectivity index (χ3v) is 3.41. The molecule has 0 atom stereocenters. The standard InChI is InChI=1S/C11H22N2O/c1-11(3-4-11)14-10-9-13-7-5-12(2)6-8-13/h3-10H2,1-2H3. The number of piperazine rings is 1. The summed E-state index contributed by atoms with van der Waals surface area (Å²) in [4.78, 5) is 4.89. The lowest BCUT2D eigenvalue weighted by molar-refractivity contribution is 0.0236. The Labute approximate surface area is 87.0 Å². The van der Waals surface area contributed by atoms with Crippen molar-refractivity contribution in [2.75, 3.05) is 46.4 Å². The Hall–Kier alpha value is -0.120. The average molecular weight is 198 g/mol. The van der Waals surface area contributed by atoms with E-state index in [2.05, 4.69) is 23.8 Å². The molecule has 0 N–H and O–H groups in total. The maximum Gasteiger partial charge on any atom is 0.0657 e. The number of ether oxygens (including phenoxy) is 1. The minimum atomic E-state index is 0.257. The molecule has 0 amide bonds. The van der Waals surface area contributed by atoms with Crippen molar-refractivity contribution in [1.29, 1.82) is 0 Å². The molecule has 0 spiro atoms. The number of rotatable bonds is 4. The highest BCUT2D eigenvalue weighted by atomic mass is 16.5. The molecular formula is C11H22N2O. The second kappa shape index (κ2) is 4.17. The molecule has 2 fully saturated rings. The molecule has 3 nitrogen and oxygen atoms in total. The Bertz CT molecular complexity index is 184. The van der Waals surface area contributed by atoms with E-state index in [1.165, 1.54) is 39.0 Å². The highest BCUT2D eigenvalue weighted by molar-refractivity contribution is 4.90. The minimum Gasteiger partial charge on any atom is -0.374 e. The van der Waals surface area contributed by atoms with Gasteiger partial charge in [0.05, 0.1) is 12.2 Å². The summed E-state index contributed by atoms with van der Waals surface area (Å²) in [7, 11) is 2.19. The van der Waals surface area contributed by atoms with Crippen molar-refractivity contribution in [1.82, 2.24) is 9.80 Å². The van der Waals surface area contributed by atoms with Gasteiger partial charge in [-0.1, -0.05) is 0 Å². The van der Waals surface area contributed by atoms with Crippen LogP contribution in [0, 0.1) is 0 Å². The molecule has 1 saturated carbocycles. The van der Waals surface area contributed by atoms with Gasteiger partial charge in [0.25, 0.3) is 0 Å². The molecule has 0 aromatic rings. The van der Waals surface area contributed by atoms with Crippen molar-refractivity contribution in [3.05, 3.63) is 0 Å². The molecule has 0 aromatic carbocycles. The smallest absolute Gasteiger partial charge is 0.0657 e. The Kier molecular flexibility index (Phi) is 3.10. The first kappa shape index (κ1) is 10.4. The second-order valence-electron chi connectivity index (χ2n) is 4.94. The van der Waals surface area contributed by atoms with Crippen LogP contribution in [0.1, 0.15) is 19.8 Å². The molecule has 1 saturated heterocycles. The van der Waals surface area contributed by atoms with Gasteiger partial charge in [0, 0.05) is 32.7 Å². The summed E-state index contributed by atoms with van der Waals surface area (Å²) >= 11 is 0. The Morgan fingerprint density at radius 1 is 1.14 bits per heavy atom. The van der Waals surface area contributed by atoms with Crippen molar-refractivity contribution in [2.45, 2.75) is 25.4 Å². The van der Waals surface area contributed by atoms with E-state index in [1.807, 2.05) is 0 Å². The fourth-order valence-electron chi connectivity index (χ4n) is 1.81. The van der Waals surface area contributed by atoms with Crippen molar-refractivity contribution in [2.24, 2.45) is 0 Å². The summed E-state index contributed by atoms with van der Waals surface area (Å²) in [6.45, 7) is 9.07. The zero-order valence-electron chi connectivity index (χ0n) is 9.46. The number of hydrogen-bond donors (Lipinski definition) is 0. The van der Waals surface area contributed by atoms with Crippen LogP contribution in [0.15, 0.2) is 0 Å². The molecule has 0 radical (unpaired) electrons. The highest BCUT2D eigenvalue weighted by Crippen LogP contribution is 2.38. The van der Waals surface area contributed by atoms with Crippen molar-refractivity contribution in [3.63, 3.8) is 0 Å². The molecule has 2 rings (SSSR count). The first-order chi connectivity index (χ1) is 6.68. The summed E-state index contributed by atoms with van der Waals surface area (Å²) in [5.41, 5.74) is 0.257. The zero-order valence-corrected chi connectivity index (χ0v) is 9.46. The Morgan fingerprint density at radius 3 is 2.36 bits per heavy atom.